The van der Waals surface area contributed by atoms with Crippen molar-refractivity contribution in [3.63, 3.8) is 0 Å². The summed E-state index contributed by atoms with van der Waals surface area (Å²) in [6, 6.07) is 16.4. The fourth-order valence-electron chi connectivity index (χ4n) is 15.6. The van der Waals surface area contributed by atoms with Crippen LogP contribution in [-0.2, 0) is 61.7 Å². The van der Waals surface area contributed by atoms with Gasteiger partial charge in [-0.3, -0.25) is 9.59 Å². The molecular weight excluding hydrogens is 935 g/mol. The molecule has 0 aromatic heterocycles. The summed E-state index contributed by atoms with van der Waals surface area (Å²) >= 11 is 0. The molecule has 10 aliphatic heterocycles. The Morgan fingerprint density at radius 2 is 1.53 bits per heavy atom. The maximum atomic E-state index is 14.6. The largest absolute Gasteiger partial charge is 0.461 e. The van der Waals surface area contributed by atoms with E-state index in [-0.39, 0.29) is 129 Å². The molecule has 20 atom stereocenters. The van der Waals surface area contributed by atoms with Crippen molar-refractivity contribution in [3.8, 4) is 11.1 Å². The highest BCUT2D eigenvalue weighted by molar-refractivity contribution is 5.80. The van der Waals surface area contributed by atoms with E-state index in [1.165, 1.54) is 6.92 Å². The average molecular weight is 1010 g/mol. The van der Waals surface area contributed by atoms with Gasteiger partial charge in [0.15, 0.2) is 11.6 Å². The molecule has 12 aliphatic rings. The van der Waals surface area contributed by atoms with E-state index in [4.69, 9.17) is 52.1 Å². The second-order valence-electron chi connectivity index (χ2n) is 23.3. The first-order chi connectivity index (χ1) is 35.4. The van der Waals surface area contributed by atoms with E-state index in [0.717, 1.165) is 71.9 Å². The standard InChI is InChI=1S/C58H71NO14/c1-29-20-34-14-16-44-30(2)21-36(66-44)18-19-57-26-49-50-54-51(58(50,71-49)73-57)55(72-57)53-45(70-54)17-15-35(68-53)22-33(61)23-42-47(25-46(67-34)31(29)3)69-48(52(42)63-5)24-37(65-32(4)60)27-59-56(62)64-28-43-40-12-8-6-10-38(40)39-11-7-9-13-41(39)43/h6-13,29,34-37,42-55H,2-3,14-28H2,1,4-5H3,(H,59,62)/t29-,34?,35?,36?,37?,42?,44+,45+,46?,47+,48?,49-,50?,51?,52-,53?,54?,55?,57-,58?/m1/s1. The highest BCUT2D eigenvalue weighted by Crippen LogP contribution is 2.73. The zero-order valence-corrected chi connectivity index (χ0v) is 42.3. The summed E-state index contributed by atoms with van der Waals surface area (Å²) in [4.78, 5) is 40.7. The second-order valence-corrected chi connectivity index (χ2v) is 23.3. The summed E-state index contributed by atoms with van der Waals surface area (Å²) in [6.07, 6.45) is 3.46. The Kier molecular flexibility index (Phi) is 12.6. The lowest BCUT2D eigenvalue weighted by atomic mass is 9.51. The molecule has 2 aromatic carbocycles. The summed E-state index contributed by atoms with van der Waals surface area (Å²) < 4.78 is 73.1. The second kappa shape index (κ2) is 18.9. The van der Waals surface area contributed by atoms with Gasteiger partial charge in [-0.25, -0.2) is 4.79 Å². The molecule has 2 spiro atoms. The molecule has 392 valence electrons. The van der Waals surface area contributed by atoms with Crippen LogP contribution in [0.25, 0.3) is 11.1 Å². The Morgan fingerprint density at radius 3 is 2.32 bits per heavy atom. The van der Waals surface area contributed by atoms with Gasteiger partial charge in [0.2, 0.25) is 0 Å². The van der Waals surface area contributed by atoms with Gasteiger partial charge in [0.25, 0.3) is 0 Å². The smallest absolute Gasteiger partial charge is 0.407 e. The number of carbonyl (C=O) groups is 3. The molecule has 73 heavy (non-hydrogen) atoms. The first-order valence-electron chi connectivity index (χ1n) is 27.4. The minimum atomic E-state index is -0.796. The third-order valence-corrected chi connectivity index (χ3v) is 18.9. The number of methoxy groups -OCH3 is 1. The van der Waals surface area contributed by atoms with E-state index in [1.54, 1.807) is 7.11 Å². The molecule has 13 unspecified atom stereocenters. The fourth-order valence-corrected chi connectivity index (χ4v) is 15.6. The minimum absolute atomic E-state index is 0.0100. The molecule has 15 nitrogen and oxygen atoms in total. The number of alkyl carbamates (subject to hydrolysis) is 1. The molecule has 2 aliphatic carbocycles. The number of hydrogen-bond acceptors (Lipinski definition) is 14. The number of carbonyl (C=O) groups excluding carboxylic acids is 3. The van der Waals surface area contributed by atoms with Crippen molar-refractivity contribution in [1.82, 2.24) is 5.32 Å². The molecule has 1 saturated carbocycles. The molecule has 10 saturated heterocycles. The van der Waals surface area contributed by atoms with Crippen LogP contribution in [0.15, 0.2) is 72.8 Å². The summed E-state index contributed by atoms with van der Waals surface area (Å²) in [6.45, 7) is 12.7. The number of esters is 1. The fraction of sp³-hybridized carbons (Fsp3) is 0.672. The van der Waals surface area contributed by atoms with E-state index in [0.29, 0.717) is 25.7 Å². The Balaban J connectivity index is 0.730. The van der Waals surface area contributed by atoms with Gasteiger partial charge in [0.1, 0.15) is 30.7 Å². The van der Waals surface area contributed by atoms with Gasteiger partial charge in [-0.15, -0.1) is 0 Å². The third kappa shape index (κ3) is 8.46. The first kappa shape index (κ1) is 48.6. The number of fused-ring (bicyclic) bond motifs is 9. The highest BCUT2D eigenvalue weighted by Gasteiger charge is 2.86. The van der Waals surface area contributed by atoms with Gasteiger partial charge in [-0.2, -0.15) is 0 Å². The quantitative estimate of drug-likeness (QED) is 0.201. The Hall–Kier alpha value is -4.03. The lowest BCUT2D eigenvalue weighted by molar-refractivity contribution is -0.620. The van der Waals surface area contributed by atoms with E-state index < -0.39 is 48.1 Å². The van der Waals surface area contributed by atoms with Crippen LogP contribution in [0.2, 0.25) is 0 Å². The maximum absolute atomic E-state index is 14.6. The number of ketones is 1. The molecule has 2 aromatic rings. The van der Waals surface area contributed by atoms with E-state index in [2.05, 4.69) is 49.7 Å². The molecule has 0 radical (unpaired) electrons. The number of nitrogens with one attached hydrogen (secondary N) is 1. The lowest BCUT2D eigenvalue weighted by Crippen LogP contribution is -2.93. The zero-order valence-electron chi connectivity index (χ0n) is 42.3. The minimum Gasteiger partial charge on any atom is -0.461 e. The van der Waals surface area contributed by atoms with Gasteiger partial charge in [0, 0.05) is 64.4 Å². The van der Waals surface area contributed by atoms with Gasteiger partial charge in [-0.05, 0) is 84.3 Å². The first-order valence-corrected chi connectivity index (χ1v) is 27.4. The number of rotatable bonds is 8. The van der Waals surface area contributed by atoms with Gasteiger partial charge < -0.3 is 57.4 Å². The van der Waals surface area contributed by atoms with Crippen LogP contribution in [0.1, 0.15) is 114 Å². The van der Waals surface area contributed by atoms with Gasteiger partial charge in [0.05, 0.1) is 85.5 Å². The van der Waals surface area contributed by atoms with Gasteiger partial charge in [-0.1, -0.05) is 68.6 Å². The van der Waals surface area contributed by atoms with Crippen LogP contribution < -0.4 is 5.32 Å². The molecule has 1 amide bonds. The summed E-state index contributed by atoms with van der Waals surface area (Å²) in [5, 5.41) is 2.86. The maximum Gasteiger partial charge on any atom is 0.407 e. The normalized spacial score (nSPS) is 43.5. The molecular formula is C58H71NO14. The monoisotopic (exact) mass is 1010 g/mol. The van der Waals surface area contributed by atoms with Crippen LogP contribution in [0, 0.1) is 23.7 Å². The molecule has 11 fully saturated rings. The predicted molar refractivity (Wildman–Crippen MR) is 262 cm³/mol. The third-order valence-electron chi connectivity index (χ3n) is 18.9. The summed E-state index contributed by atoms with van der Waals surface area (Å²) in [7, 11) is 1.64. The number of Topliss-reactive ketones (excluding diaryl/α,β-unsaturated/α-hetero) is 1. The number of ether oxygens (including phenoxy) is 11. The lowest BCUT2D eigenvalue weighted by Gasteiger charge is -2.80. The Morgan fingerprint density at radius 1 is 0.781 bits per heavy atom. The predicted octanol–water partition coefficient (Wildman–Crippen LogP) is 7.79. The van der Waals surface area contributed by atoms with Crippen molar-refractivity contribution in [2.24, 2.45) is 23.7 Å². The summed E-state index contributed by atoms with van der Waals surface area (Å²) in [5.41, 5.74) is 6.62. The van der Waals surface area contributed by atoms with Crippen LogP contribution in [0.3, 0.4) is 0 Å². The van der Waals surface area contributed by atoms with Crippen LogP contribution in [-0.4, -0.2) is 135 Å². The van der Waals surface area contributed by atoms with Crippen molar-refractivity contribution in [2.75, 3.05) is 20.3 Å². The number of hydrogen-bond donors (Lipinski definition) is 1. The average Bonchev–Trinajstić information content (AvgIpc) is 4.05. The van der Waals surface area contributed by atoms with Crippen molar-refractivity contribution in [2.45, 2.75) is 200 Å². The zero-order chi connectivity index (χ0) is 49.9. The van der Waals surface area contributed by atoms with Crippen molar-refractivity contribution < 1.29 is 66.5 Å². The molecule has 15 heteroatoms. The Bertz CT molecular complexity index is 2470. The van der Waals surface area contributed by atoms with E-state index in [1.807, 2.05) is 24.3 Å². The highest BCUT2D eigenvalue weighted by atomic mass is 16.8. The molecule has 10 bridgehead atoms. The molecule has 10 heterocycles. The van der Waals surface area contributed by atoms with Crippen LogP contribution in [0.4, 0.5) is 4.79 Å². The topological polar surface area (TPSA) is 165 Å². The SMILES string of the molecule is C=C1C2C[C@@H]3OC(CC(CNC(=O)OCC4c5ccccc5-c5ccccc54)OC(C)=O)[C@H](OC)C3CC(=O)CC3CC[C@@H]4OC5C6C(O[C@@]7(CCC8CC(=C)[C@H](CCC(C[C@H]1C)O2)O8)C[C@H]1OC6(O7)C51)C4O3. The number of amides is 1. The van der Waals surface area contributed by atoms with E-state index in [9.17, 15) is 14.4 Å². The molecule has 14 rings (SSSR count). The van der Waals surface area contributed by atoms with Gasteiger partial charge >= 0.3 is 12.1 Å². The van der Waals surface area contributed by atoms with Crippen LogP contribution in [0.5, 0.6) is 0 Å². The summed E-state index contributed by atoms with van der Waals surface area (Å²) in [5.74, 6) is -2.11. The van der Waals surface area contributed by atoms with E-state index >= 15 is 0 Å². The molecule has 1 N–H and O–H groups in total. The number of benzene rings is 2. The van der Waals surface area contributed by atoms with Crippen molar-refractivity contribution >= 4 is 17.8 Å². The van der Waals surface area contributed by atoms with Crippen LogP contribution >= 0.6 is 0 Å². The van der Waals surface area contributed by atoms with Crippen molar-refractivity contribution in [3.05, 3.63) is 84.0 Å². The van der Waals surface area contributed by atoms with Crippen molar-refractivity contribution in [1.29, 1.82) is 0 Å². The Labute approximate surface area is 427 Å².